The average molecular weight is 178 g/mol. The van der Waals surface area contributed by atoms with Crippen LogP contribution in [-0.2, 0) is 4.74 Å². The van der Waals surface area contributed by atoms with Gasteiger partial charge in [-0.1, -0.05) is 6.92 Å². The molecule has 0 radical (unpaired) electrons. The minimum Gasteiger partial charge on any atom is -0.387 e. The Morgan fingerprint density at radius 3 is 2.42 bits per heavy atom. The molecule has 3 nitrogen and oxygen atoms in total. The van der Waals surface area contributed by atoms with Crippen LogP contribution in [0.5, 0.6) is 0 Å². The monoisotopic (exact) mass is 178 g/mol. The largest absolute Gasteiger partial charge is 0.387 e. The molecule has 1 aliphatic heterocycles. The summed E-state index contributed by atoms with van der Waals surface area (Å²) < 4.78 is 18.3. The van der Waals surface area contributed by atoms with Crippen LogP contribution in [0.4, 0.5) is 4.39 Å². The van der Waals surface area contributed by atoms with Crippen LogP contribution in [0, 0.1) is 0 Å². The zero-order chi connectivity index (χ0) is 9.30. The van der Waals surface area contributed by atoms with Gasteiger partial charge in [-0.15, -0.1) is 0 Å². The number of halogens is 1. The van der Waals surface area contributed by atoms with Crippen molar-refractivity contribution in [3.63, 3.8) is 0 Å². The van der Waals surface area contributed by atoms with Gasteiger partial charge in [0.05, 0.1) is 12.2 Å². The molecular formula is C8H15FO3. The molecule has 0 saturated carbocycles. The lowest BCUT2D eigenvalue weighted by molar-refractivity contribution is -0.198. The number of hydrogen-bond donors (Lipinski definition) is 2. The van der Waals surface area contributed by atoms with Gasteiger partial charge in [0.2, 0.25) is 0 Å². The number of rotatable bonds is 1. The second kappa shape index (κ2) is 3.68. The van der Waals surface area contributed by atoms with Gasteiger partial charge in [-0.25, -0.2) is 4.39 Å². The summed E-state index contributed by atoms with van der Waals surface area (Å²) in [5.41, 5.74) is 0. The van der Waals surface area contributed by atoms with Crippen LogP contribution in [0.3, 0.4) is 0 Å². The third kappa shape index (κ3) is 1.60. The fourth-order valence-corrected chi connectivity index (χ4v) is 1.44. The molecule has 0 aromatic rings. The lowest BCUT2D eigenvalue weighted by Gasteiger charge is -2.37. The highest BCUT2D eigenvalue weighted by Crippen LogP contribution is 2.24. The molecule has 0 aliphatic carbocycles. The first-order chi connectivity index (χ1) is 5.57. The molecular weight excluding hydrogens is 163 g/mol. The van der Waals surface area contributed by atoms with Crippen LogP contribution in [0.2, 0.25) is 0 Å². The second-order valence-corrected chi connectivity index (χ2v) is 3.21. The third-order valence-electron chi connectivity index (χ3n) is 2.31. The van der Waals surface area contributed by atoms with Crippen LogP contribution in [0.25, 0.3) is 0 Å². The predicted molar refractivity (Wildman–Crippen MR) is 41.5 cm³/mol. The van der Waals surface area contributed by atoms with Gasteiger partial charge in [0.25, 0.3) is 0 Å². The van der Waals surface area contributed by atoms with E-state index in [0.717, 1.165) is 0 Å². The smallest absolute Gasteiger partial charge is 0.157 e. The lowest BCUT2D eigenvalue weighted by Crippen LogP contribution is -2.54. The molecule has 0 aromatic heterocycles. The first kappa shape index (κ1) is 9.89. The quantitative estimate of drug-likeness (QED) is 0.605. The van der Waals surface area contributed by atoms with E-state index >= 15 is 0 Å². The van der Waals surface area contributed by atoms with Gasteiger partial charge in [-0.05, 0) is 13.3 Å². The van der Waals surface area contributed by atoms with Crippen molar-refractivity contribution in [3.8, 4) is 0 Å². The van der Waals surface area contributed by atoms with E-state index in [0.29, 0.717) is 6.42 Å². The number of hydrogen-bond acceptors (Lipinski definition) is 3. The minimum atomic E-state index is -1.58. The molecule has 4 heteroatoms. The molecule has 1 heterocycles. The summed E-state index contributed by atoms with van der Waals surface area (Å²) in [5.74, 6) is 0. The van der Waals surface area contributed by atoms with Crippen molar-refractivity contribution in [2.45, 2.75) is 50.9 Å². The highest BCUT2D eigenvalue weighted by Gasteiger charge is 2.41. The maximum absolute atomic E-state index is 13.1. The van der Waals surface area contributed by atoms with Crippen LogP contribution >= 0.6 is 0 Å². The van der Waals surface area contributed by atoms with Crippen molar-refractivity contribution in [1.29, 1.82) is 0 Å². The van der Waals surface area contributed by atoms with Crippen molar-refractivity contribution >= 4 is 0 Å². The molecule has 0 aromatic carbocycles. The number of aliphatic hydroxyl groups excluding tert-OH is 2. The fourth-order valence-electron chi connectivity index (χ4n) is 1.44. The van der Waals surface area contributed by atoms with Gasteiger partial charge in [-0.2, -0.15) is 0 Å². The molecule has 72 valence electrons. The van der Waals surface area contributed by atoms with Crippen LogP contribution in [0.15, 0.2) is 0 Å². The first-order valence-corrected chi connectivity index (χ1v) is 4.23. The highest BCUT2D eigenvalue weighted by molar-refractivity contribution is 4.90. The Morgan fingerprint density at radius 2 is 1.92 bits per heavy atom. The van der Waals surface area contributed by atoms with Crippen molar-refractivity contribution in [2.75, 3.05) is 0 Å². The Morgan fingerprint density at radius 1 is 1.33 bits per heavy atom. The van der Waals surface area contributed by atoms with Gasteiger partial charge in [0, 0.05) is 0 Å². The summed E-state index contributed by atoms with van der Waals surface area (Å²) >= 11 is 0. The summed E-state index contributed by atoms with van der Waals surface area (Å²) in [7, 11) is 0. The van der Waals surface area contributed by atoms with Crippen LogP contribution in [-0.4, -0.2) is 40.8 Å². The van der Waals surface area contributed by atoms with E-state index in [9.17, 15) is 9.50 Å². The molecule has 0 unspecified atom stereocenters. The van der Waals surface area contributed by atoms with E-state index in [1.54, 1.807) is 6.92 Å². The summed E-state index contributed by atoms with van der Waals surface area (Å²) in [5, 5.41) is 18.4. The maximum atomic E-state index is 13.1. The average Bonchev–Trinajstić information content (AvgIpc) is 2.08. The van der Waals surface area contributed by atoms with E-state index in [1.807, 2.05) is 6.92 Å². The minimum absolute atomic E-state index is 0.488. The molecule has 0 bridgehead atoms. The number of alkyl halides is 1. The van der Waals surface area contributed by atoms with Crippen molar-refractivity contribution in [3.05, 3.63) is 0 Å². The number of aliphatic hydroxyl groups is 2. The summed E-state index contributed by atoms with van der Waals surface area (Å²) in [6.45, 7) is 3.41. The molecule has 0 spiro atoms. The van der Waals surface area contributed by atoms with E-state index in [2.05, 4.69) is 0 Å². The first-order valence-electron chi connectivity index (χ1n) is 4.23. The molecule has 1 fully saturated rings. The molecule has 5 atom stereocenters. The topological polar surface area (TPSA) is 49.7 Å². The maximum Gasteiger partial charge on any atom is 0.157 e. The zero-order valence-corrected chi connectivity index (χ0v) is 7.27. The Kier molecular flexibility index (Phi) is 3.04. The Balaban J connectivity index is 2.63. The molecule has 0 amide bonds. The third-order valence-corrected chi connectivity index (χ3v) is 2.31. The van der Waals surface area contributed by atoms with Gasteiger partial charge >= 0.3 is 0 Å². The molecule has 1 saturated heterocycles. The molecule has 1 aliphatic rings. The summed E-state index contributed by atoms with van der Waals surface area (Å²) in [4.78, 5) is 0. The van der Waals surface area contributed by atoms with Gasteiger partial charge in [-0.3, -0.25) is 0 Å². The van der Waals surface area contributed by atoms with Gasteiger partial charge < -0.3 is 14.9 Å². The van der Waals surface area contributed by atoms with E-state index in [1.165, 1.54) is 0 Å². The predicted octanol–water partition coefficient (Wildman–Crippen LogP) is 0.244. The fraction of sp³-hybridized carbons (Fsp3) is 1.00. The van der Waals surface area contributed by atoms with Crippen LogP contribution in [0.1, 0.15) is 20.3 Å². The van der Waals surface area contributed by atoms with Gasteiger partial charge in [0.15, 0.2) is 6.17 Å². The zero-order valence-electron chi connectivity index (χ0n) is 7.27. The SMILES string of the molecule is CC[C@H]1O[C@H](C)[C@H](O)[C@@H](F)[C@@H]1O. The van der Waals surface area contributed by atoms with Crippen molar-refractivity contribution < 1.29 is 19.3 Å². The number of ether oxygens (including phenoxy) is 1. The summed E-state index contributed by atoms with van der Waals surface area (Å²) in [6, 6.07) is 0. The molecule has 1 rings (SSSR count). The van der Waals surface area contributed by atoms with Crippen LogP contribution < -0.4 is 0 Å². The second-order valence-electron chi connectivity index (χ2n) is 3.21. The molecule has 2 N–H and O–H groups in total. The molecule has 12 heavy (non-hydrogen) atoms. The Bertz CT molecular complexity index is 148. The Labute approximate surface area is 71.2 Å². The highest BCUT2D eigenvalue weighted by atomic mass is 19.1. The lowest BCUT2D eigenvalue weighted by atomic mass is 9.96. The van der Waals surface area contributed by atoms with E-state index < -0.39 is 30.6 Å². The van der Waals surface area contributed by atoms with Crippen molar-refractivity contribution in [1.82, 2.24) is 0 Å². The van der Waals surface area contributed by atoms with E-state index in [4.69, 9.17) is 9.84 Å². The standard InChI is InChI=1S/C8H15FO3/c1-3-5-8(11)6(9)7(10)4(2)12-5/h4-8,10-11H,3H2,1-2H3/t4-,5-,6-,7+,8-/m1/s1. The summed E-state index contributed by atoms with van der Waals surface area (Å²) in [6.07, 6.45) is -4.45. The van der Waals surface area contributed by atoms with Crippen molar-refractivity contribution in [2.24, 2.45) is 0 Å². The normalized spacial score (nSPS) is 49.2. The van der Waals surface area contributed by atoms with E-state index in [-0.39, 0.29) is 0 Å². The Hall–Kier alpha value is -0.190. The van der Waals surface area contributed by atoms with Gasteiger partial charge in [0.1, 0.15) is 12.2 Å².